The number of fused-ring (bicyclic) bond motifs is 1. The van der Waals surface area contributed by atoms with Gasteiger partial charge in [0.2, 0.25) is 6.41 Å². The molecule has 238 valence electrons. The summed E-state index contributed by atoms with van der Waals surface area (Å²) in [5.41, 5.74) is 7.08. The highest BCUT2D eigenvalue weighted by atomic mass is 19.4. The van der Waals surface area contributed by atoms with Crippen molar-refractivity contribution in [2.45, 2.75) is 31.5 Å². The predicted octanol–water partition coefficient (Wildman–Crippen LogP) is 6.26. The Morgan fingerprint density at radius 2 is 1.73 bits per heavy atom. The van der Waals surface area contributed by atoms with E-state index in [2.05, 4.69) is 10.3 Å². The number of rotatable bonds is 12. The Bertz CT molecular complexity index is 1630. The standard InChI is InChI=1S/C33H36F3N5O4/c1-43-31-19-26-28(20-32(31)44-2)39-13-9-30(26)45-25-6-3-5-23(17-25)41(14-4-12-38-21-42)24-7-8-29(27(18-24)33(34,35)36)40-15-10-22(37)11-16-40/h3,5-9,13,17-22H,4,10-12,14-16,37H2,1-2H3,(H,38,42). The van der Waals surface area contributed by atoms with Gasteiger partial charge >= 0.3 is 6.18 Å². The quantitative estimate of drug-likeness (QED) is 0.141. The van der Waals surface area contributed by atoms with Crippen molar-refractivity contribution in [1.82, 2.24) is 10.3 Å². The number of hydrogen-bond donors (Lipinski definition) is 2. The molecule has 1 aliphatic rings. The number of nitrogens with zero attached hydrogens (tertiary/aromatic N) is 3. The van der Waals surface area contributed by atoms with E-state index in [1.807, 2.05) is 6.07 Å². The van der Waals surface area contributed by atoms with E-state index in [9.17, 15) is 18.0 Å². The highest BCUT2D eigenvalue weighted by Crippen LogP contribution is 2.42. The predicted molar refractivity (Wildman–Crippen MR) is 168 cm³/mol. The molecule has 0 bridgehead atoms. The molecule has 1 saturated heterocycles. The van der Waals surface area contributed by atoms with E-state index < -0.39 is 11.7 Å². The van der Waals surface area contributed by atoms with Crippen LogP contribution in [-0.4, -0.2) is 57.8 Å². The van der Waals surface area contributed by atoms with Crippen LogP contribution >= 0.6 is 0 Å². The lowest BCUT2D eigenvalue weighted by Gasteiger charge is -2.34. The van der Waals surface area contributed by atoms with Crippen molar-refractivity contribution in [2.75, 3.05) is 50.2 Å². The highest BCUT2D eigenvalue weighted by molar-refractivity contribution is 5.88. The van der Waals surface area contributed by atoms with Gasteiger partial charge < -0.3 is 35.1 Å². The largest absolute Gasteiger partial charge is 0.493 e. The zero-order chi connectivity index (χ0) is 32.0. The maximum absolute atomic E-state index is 14.5. The number of pyridine rings is 1. The van der Waals surface area contributed by atoms with Gasteiger partial charge in [0.1, 0.15) is 11.5 Å². The first kappa shape index (κ1) is 31.7. The molecule has 45 heavy (non-hydrogen) atoms. The van der Waals surface area contributed by atoms with Gasteiger partial charge in [-0.2, -0.15) is 13.2 Å². The maximum Gasteiger partial charge on any atom is 0.418 e. The molecule has 5 rings (SSSR count). The maximum atomic E-state index is 14.5. The monoisotopic (exact) mass is 623 g/mol. The first-order valence-electron chi connectivity index (χ1n) is 14.7. The van der Waals surface area contributed by atoms with E-state index in [1.54, 1.807) is 72.7 Å². The number of amides is 1. The van der Waals surface area contributed by atoms with E-state index >= 15 is 0 Å². The lowest BCUT2D eigenvalue weighted by Crippen LogP contribution is -2.40. The van der Waals surface area contributed by atoms with Crippen molar-refractivity contribution in [3.63, 3.8) is 0 Å². The zero-order valence-corrected chi connectivity index (χ0v) is 25.1. The van der Waals surface area contributed by atoms with Crippen LogP contribution in [0.5, 0.6) is 23.0 Å². The molecule has 1 fully saturated rings. The minimum atomic E-state index is -4.56. The summed E-state index contributed by atoms with van der Waals surface area (Å²) in [6.07, 6.45) is -0.580. The fraction of sp³-hybridized carbons (Fsp3) is 0.333. The number of carbonyl (C=O) groups is 1. The van der Waals surface area contributed by atoms with Gasteiger partial charge in [-0.3, -0.25) is 9.78 Å². The first-order valence-corrected chi connectivity index (χ1v) is 14.7. The minimum absolute atomic E-state index is 0.00480. The number of ether oxygens (including phenoxy) is 3. The molecule has 12 heteroatoms. The van der Waals surface area contributed by atoms with Crippen LogP contribution in [0.2, 0.25) is 0 Å². The van der Waals surface area contributed by atoms with E-state index in [1.165, 1.54) is 12.1 Å². The van der Waals surface area contributed by atoms with Crippen molar-refractivity contribution in [3.05, 3.63) is 72.4 Å². The summed E-state index contributed by atoms with van der Waals surface area (Å²) in [6.45, 7) is 1.64. The summed E-state index contributed by atoms with van der Waals surface area (Å²) in [7, 11) is 3.09. The molecule has 9 nitrogen and oxygen atoms in total. The number of nitrogens with one attached hydrogen (secondary N) is 1. The number of piperidine rings is 1. The lowest BCUT2D eigenvalue weighted by molar-refractivity contribution is -0.137. The lowest BCUT2D eigenvalue weighted by atomic mass is 10.0. The van der Waals surface area contributed by atoms with E-state index in [4.69, 9.17) is 19.9 Å². The smallest absolute Gasteiger partial charge is 0.418 e. The number of halogens is 3. The van der Waals surface area contributed by atoms with Gasteiger partial charge in [-0.05, 0) is 61.7 Å². The summed E-state index contributed by atoms with van der Waals surface area (Å²) in [6, 6.07) is 16.8. The molecule has 2 heterocycles. The molecule has 3 N–H and O–H groups in total. The van der Waals surface area contributed by atoms with Gasteiger partial charge in [0.05, 0.1) is 25.3 Å². The van der Waals surface area contributed by atoms with Crippen molar-refractivity contribution in [3.8, 4) is 23.0 Å². The molecule has 0 atom stereocenters. The Balaban J connectivity index is 1.50. The minimum Gasteiger partial charge on any atom is -0.493 e. The molecule has 0 aliphatic carbocycles. The van der Waals surface area contributed by atoms with Gasteiger partial charge in [-0.25, -0.2) is 0 Å². The second-order valence-electron chi connectivity index (χ2n) is 10.7. The molecule has 0 radical (unpaired) electrons. The number of alkyl halides is 3. The average molecular weight is 624 g/mol. The van der Waals surface area contributed by atoms with Crippen molar-refractivity contribution in [1.29, 1.82) is 0 Å². The van der Waals surface area contributed by atoms with Gasteiger partial charge in [0.15, 0.2) is 11.5 Å². The van der Waals surface area contributed by atoms with Gasteiger partial charge in [0.25, 0.3) is 0 Å². The Morgan fingerprint density at radius 3 is 2.44 bits per heavy atom. The second-order valence-corrected chi connectivity index (χ2v) is 10.7. The number of carbonyl (C=O) groups excluding carboxylic acids is 1. The third-order valence-corrected chi connectivity index (χ3v) is 7.83. The van der Waals surface area contributed by atoms with Crippen LogP contribution in [0.15, 0.2) is 66.9 Å². The van der Waals surface area contributed by atoms with Crippen LogP contribution < -0.4 is 35.1 Å². The number of aromatic nitrogens is 1. The SMILES string of the molecule is COc1cc2nccc(Oc3cccc(N(CCCNC=O)c4ccc(N5CCC(N)CC5)c(C(F)(F)F)c4)c3)c2cc1OC. The summed E-state index contributed by atoms with van der Waals surface area (Å²) in [4.78, 5) is 18.8. The topological polar surface area (TPSA) is 102 Å². The van der Waals surface area contributed by atoms with Crippen molar-refractivity contribution < 1.29 is 32.2 Å². The first-order chi connectivity index (χ1) is 21.7. The summed E-state index contributed by atoms with van der Waals surface area (Å²) < 4.78 is 60.5. The van der Waals surface area contributed by atoms with Gasteiger partial charge in [-0.1, -0.05) is 6.07 Å². The Morgan fingerprint density at radius 1 is 1.00 bits per heavy atom. The number of benzene rings is 3. The molecule has 1 amide bonds. The number of methoxy groups -OCH3 is 2. The molecule has 0 saturated carbocycles. The Kier molecular flexibility index (Phi) is 9.82. The molecule has 3 aromatic carbocycles. The molecule has 0 unspecified atom stereocenters. The normalized spacial score (nSPS) is 13.9. The van der Waals surface area contributed by atoms with Crippen molar-refractivity contribution in [2.24, 2.45) is 5.73 Å². The number of anilines is 3. The summed E-state index contributed by atoms with van der Waals surface area (Å²) >= 11 is 0. The molecular weight excluding hydrogens is 587 g/mol. The summed E-state index contributed by atoms with van der Waals surface area (Å²) in [5, 5.41) is 3.32. The van der Waals surface area contributed by atoms with Gasteiger partial charge in [-0.15, -0.1) is 0 Å². The van der Waals surface area contributed by atoms with Crippen LogP contribution in [0.25, 0.3) is 10.9 Å². The number of hydrogen-bond acceptors (Lipinski definition) is 8. The zero-order valence-electron chi connectivity index (χ0n) is 25.1. The molecule has 1 aliphatic heterocycles. The molecule has 1 aromatic heterocycles. The molecule has 0 spiro atoms. The van der Waals surface area contributed by atoms with E-state index in [0.29, 0.717) is 97.1 Å². The molecule has 4 aromatic rings. The third kappa shape index (κ3) is 7.34. The number of nitrogens with two attached hydrogens (primary N) is 1. The highest BCUT2D eigenvalue weighted by Gasteiger charge is 2.36. The van der Waals surface area contributed by atoms with Gasteiger partial charge in [0, 0.05) is 73.0 Å². The fourth-order valence-corrected chi connectivity index (χ4v) is 5.52. The van der Waals surface area contributed by atoms with Crippen LogP contribution in [0.4, 0.5) is 30.2 Å². The van der Waals surface area contributed by atoms with Crippen molar-refractivity contribution >= 4 is 34.4 Å². The van der Waals surface area contributed by atoms with Crippen LogP contribution in [0.1, 0.15) is 24.8 Å². The molecular formula is C33H36F3N5O4. The van der Waals surface area contributed by atoms with Crippen LogP contribution in [0, 0.1) is 0 Å². The van der Waals surface area contributed by atoms with Crippen LogP contribution in [-0.2, 0) is 11.0 Å². The second kappa shape index (κ2) is 13.9. The fourth-order valence-electron chi connectivity index (χ4n) is 5.52. The Hall–Kier alpha value is -4.71. The van der Waals surface area contributed by atoms with E-state index in [-0.39, 0.29) is 11.7 Å². The average Bonchev–Trinajstić information content (AvgIpc) is 3.04. The summed E-state index contributed by atoms with van der Waals surface area (Å²) in [5.74, 6) is 2.04. The third-order valence-electron chi connectivity index (χ3n) is 7.83. The van der Waals surface area contributed by atoms with E-state index in [0.717, 1.165) is 0 Å². The Labute approximate surface area is 259 Å². The van der Waals surface area contributed by atoms with Crippen LogP contribution in [0.3, 0.4) is 0 Å².